The van der Waals surface area contributed by atoms with Crippen molar-refractivity contribution in [2.45, 2.75) is 6.54 Å². The van der Waals surface area contributed by atoms with Crippen molar-refractivity contribution in [2.24, 2.45) is 0 Å². The fourth-order valence-electron chi connectivity index (χ4n) is 2.70. The maximum Gasteiger partial charge on any atom is 0.354 e. The molecule has 1 aromatic heterocycles. The number of hydrogen-bond acceptors (Lipinski definition) is 4. The molecule has 0 amide bonds. The Labute approximate surface area is 129 Å². The van der Waals surface area contributed by atoms with Crippen molar-refractivity contribution in [1.82, 2.24) is 9.88 Å². The number of hydrogen-bond donors (Lipinski definition) is 1. The summed E-state index contributed by atoms with van der Waals surface area (Å²) in [6.07, 6.45) is 0. The first-order valence-corrected chi connectivity index (χ1v) is 7.44. The topological polar surface area (TPSA) is 56.7 Å². The molecule has 114 valence electrons. The summed E-state index contributed by atoms with van der Waals surface area (Å²) in [4.78, 5) is 19.8. The molecule has 0 spiro atoms. The maximum atomic E-state index is 11.0. The Hall–Kier alpha value is -2.40. The highest BCUT2D eigenvalue weighted by atomic mass is 16.4. The van der Waals surface area contributed by atoms with E-state index in [-0.39, 0.29) is 5.69 Å². The highest BCUT2D eigenvalue weighted by molar-refractivity contribution is 5.85. The summed E-state index contributed by atoms with van der Waals surface area (Å²) in [6.45, 7) is 4.59. The molecule has 1 saturated heterocycles. The molecule has 3 rings (SSSR count). The van der Waals surface area contributed by atoms with Crippen molar-refractivity contribution in [3.05, 3.63) is 59.8 Å². The second-order valence-corrected chi connectivity index (χ2v) is 5.43. The molecule has 0 aliphatic carbocycles. The molecule has 2 aromatic rings. The number of carbonyl (C=O) groups is 1. The molecule has 1 aliphatic heterocycles. The fourth-order valence-corrected chi connectivity index (χ4v) is 2.70. The Balaban J connectivity index is 1.60. The zero-order valence-electron chi connectivity index (χ0n) is 12.4. The van der Waals surface area contributed by atoms with Gasteiger partial charge in [-0.1, -0.05) is 36.4 Å². The van der Waals surface area contributed by atoms with Gasteiger partial charge >= 0.3 is 5.97 Å². The van der Waals surface area contributed by atoms with E-state index in [2.05, 4.69) is 39.0 Å². The van der Waals surface area contributed by atoms with Gasteiger partial charge in [-0.2, -0.15) is 0 Å². The molecule has 5 nitrogen and oxygen atoms in total. The van der Waals surface area contributed by atoms with Crippen LogP contribution < -0.4 is 4.90 Å². The average molecular weight is 297 g/mol. The van der Waals surface area contributed by atoms with E-state index >= 15 is 0 Å². The number of carboxylic acids is 1. The van der Waals surface area contributed by atoms with Gasteiger partial charge in [0.2, 0.25) is 0 Å². The largest absolute Gasteiger partial charge is 0.477 e. The highest BCUT2D eigenvalue weighted by Gasteiger charge is 2.18. The van der Waals surface area contributed by atoms with Crippen molar-refractivity contribution in [1.29, 1.82) is 0 Å². The van der Waals surface area contributed by atoms with Crippen molar-refractivity contribution < 1.29 is 9.90 Å². The third kappa shape index (κ3) is 3.43. The standard InChI is InChI=1S/C17H19N3O2/c21-17(22)15-7-4-8-16(18-15)20-11-9-19(10-12-20)13-14-5-2-1-3-6-14/h1-8H,9-13H2,(H,21,22). The molecule has 0 unspecified atom stereocenters. The molecule has 1 N–H and O–H groups in total. The van der Waals surface area contributed by atoms with Crippen molar-refractivity contribution >= 4 is 11.8 Å². The van der Waals surface area contributed by atoms with Crippen LogP contribution >= 0.6 is 0 Å². The van der Waals surface area contributed by atoms with Crippen molar-refractivity contribution in [2.75, 3.05) is 31.1 Å². The lowest BCUT2D eigenvalue weighted by Crippen LogP contribution is -2.46. The lowest BCUT2D eigenvalue weighted by atomic mass is 10.2. The molecule has 1 aromatic carbocycles. The van der Waals surface area contributed by atoms with Gasteiger partial charge in [-0.3, -0.25) is 4.90 Å². The first-order chi connectivity index (χ1) is 10.7. The van der Waals surface area contributed by atoms with E-state index in [1.165, 1.54) is 11.6 Å². The van der Waals surface area contributed by atoms with Crippen LogP contribution in [0.15, 0.2) is 48.5 Å². The minimum atomic E-state index is -0.982. The van der Waals surface area contributed by atoms with Crippen LogP contribution in [0.5, 0.6) is 0 Å². The molecule has 0 radical (unpaired) electrons. The Morgan fingerprint density at radius 3 is 2.41 bits per heavy atom. The van der Waals surface area contributed by atoms with Gasteiger partial charge in [0.05, 0.1) is 0 Å². The maximum absolute atomic E-state index is 11.0. The number of piperazine rings is 1. The normalized spacial score (nSPS) is 15.7. The molecular weight excluding hydrogens is 278 g/mol. The first-order valence-electron chi connectivity index (χ1n) is 7.44. The van der Waals surface area contributed by atoms with Crippen LogP contribution in [0.25, 0.3) is 0 Å². The van der Waals surface area contributed by atoms with Crippen molar-refractivity contribution in [3.8, 4) is 0 Å². The summed E-state index contributed by atoms with van der Waals surface area (Å²) in [5.41, 5.74) is 1.42. The van der Waals surface area contributed by atoms with Crippen molar-refractivity contribution in [3.63, 3.8) is 0 Å². The van der Waals surface area contributed by atoms with E-state index in [1.807, 2.05) is 12.1 Å². The Bertz CT molecular complexity index is 637. The zero-order valence-corrected chi connectivity index (χ0v) is 12.4. The molecule has 0 bridgehead atoms. The predicted molar refractivity (Wildman–Crippen MR) is 85.1 cm³/mol. The Morgan fingerprint density at radius 1 is 1.00 bits per heavy atom. The molecule has 5 heteroatoms. The number of aromatic nitrogens is 1. The monoisotopic (exact) mass is 297 g/mol. The Morgan fingerprint density at radius 2 is 1.73 bits per heavy atom. The fraction of sp³-hybridized carbons (Fsp3) is 0.294. The van der Waals surface area contributed by atoms with Gasteiger partial charge in [0.15, 0.2) is 5.69 Å². The van der Waals surface area contributed by atoms with Crippen LogP contribution in [0.2, 0.25) is 0 Å². The summed E-state index contributed by atoms with van der Waals surface area (Å²) in [5, 5.41) is 9.02. The number of carboxylic acid groups (broad SMARTS) is 1. The Kier molecular flexibility index (Phi) is 4.34. The minimum absolute atomic E-state index is 0.101. The van der Waals surface area contributed by atoms with Crippen LogP contribution in [0.4, 0.5) is 5.82 Å². The van der Waals surface area contributed by atoms with Gasteiger partial charge in [-0.25, -0.2) is 9.78 Å². The van der Waals surface area contributed by atoms with Crippen LogP contribution in [0, 0.1) is 0 Å². The summed E-state index contributed by atoms with van der Waals surface area (Å²) in [6, 6.07) is 15.6. The van der Waals surface area contributed by atoms with E-state index in [4.69, 9.17) is 5.11 Å². The number of aromatic carboxylic acids is 1. The number of rotatable bonds is 4. The lowest BCUT2D eigenvalue weighted by molar-refractivity contribution is 0.0690. The third-order valence-electron chi connectivity index (χ3n) is 3.90. The quantitative estimate of drug-likeness (QED) is 0.936. The third-order valence-corrected chi connectivity index (χ3v) is 3.90. The average Bonchev–Trinajstić information content (AvgIpc) is 2.56. The molecule has 1 aliphatic rings. The van der Waals surface area contributed by atoms with E-state index in [0.717, 1.165) is 38.5 Å². The number of pyridine rings is 1. The van der Waals surface area contributed by atoms with Crippen LogP contribution in [-0.4, -0.2) is 47.1 Å². The summed E-state index contributed by atoms with van der Waals surface area (Å²) in [5.74, 6) is -0.233. The summed E-state index contributed by atoms with van der Waals surface area (Å²) >= 11 is 0. The molecule has 0 atom stereocenters. The van der Waals surface area contributed by atoms with Crippen LogP contribution in [0.3, 0.4) is 0 Å². The highest BCUT2D eigenvalue weighted by Crippen LogP contribution is 2.15. The predicted octanol–water partition coefficient (Wildman–Crippen LogP) is 2.10. The SMILES string of the molecule is O=C(O)c1cccc(N2CCN(Cc3ccccc3)CC2)n1. The van der Waals surface area contributed by atoms with Crippen LogP contribution in [0.1, 0.15) is 16.1 Å². The van der Waals surface area contributed by atoms with Gasteiger partial charge in [-0.05, 0) is 17.7 Å². The molecule has 1 fully saturated rings. The van der Waals surface area contributed by atoms with E-state index in [0.29, 0.717) is 0 Å². The molecule has 22 heavy (non-hydrogen) atoms. The van der Waals surface area contributed by atoms with E-state index in [1.54, 1.807) is 6.07 Å². The summed E-state index contributed by atoms with van der Waals surface area (Å²) < 4.78 is 0. The second-order valence-electron chi connectivity index (χ2n) is 5.43. The number of anilines is 1. The van der Waals surface area contributed by atoms with Crippen LogP contribution in [-0.2, 0) is 6.54 Å². The molecule has 0 saturated carbocycles. The second kappa shape index (κ2) is 6.58. The smallest absolute Gasteiger partial charge is 0.354 e. The first kappa shape index (κ1) is 14.5. The van der Waals surface area contributed by atoms with Gasteiger partial charge in [0, 0.05) is 32.7 Å². The van der Waals surface area contributed by atoms with Gasteiger partial charge < -0.3 is 10.0 Å². The van der Waals surface area contributed by atoms with Gasteiger partial charge in [0.25, 0.3) is 0 Å². The molecule has 2 heterocycles. The molecular formula is C17H19N3O2. The number of nitrogens with zero attached hydrogens (tertiary/aromatic N) is 3. The lowest BCUT2D eigenvalue weighted by Gasteiger charge is -2.35. The van der Waals surface area contributed by atoms with Gasteiger partial charge in [0.1, 0.15) is 5.82 Å². The van der Waals surface area contributed by atoms with E-state index < -0.39 is 5.97 Å². The number of benzene rings is 1. The minimum Gasteiger partial charge on any atom is -0.477 e. The van der Waals surface area contributed by atoms with Gasteiger partial charge in [-0.15, -0.1) is 0 Å². The van der Waals surface area contributed by atoms with E-state index in [9.17, 15) is 4.79 Å². The summed E-state index contributed by atoms with van der Waals surface area (Å²) in [7, 11) is 0. The zero-order chi connectivity index (χ0) is 15.4.